The molecule has 0 unspecified atom stereocenters. The average molecular weight is 287 g/mol. The van der Waals surface area contributed by atoms with E-state index in [1.165, 1.54) is 37.1 Å². The molecule has 0 spiro atoms. The molecule has 1 saturated carbocycles. The third-order valence-corrected chi connectivity index (χ3v) is 5.09. The highest BCUT2D eigenvalue weighted by Gasteiger charge is 2.34. The van der Waals surface area contributed by atoms with Crippen LogP contribution < -0.4 is 5.32 Å². The van der Waals surface area contributed by atoms with Gasteiger partial charge in [0.1, 0.15) is 0 Å². The second-order valence-corrected chi connectivity index (χ2v) is 7.42. The minimum absolute atomic E-state index is 0.491. The summed E-state index contributed by atoms with van der Waals surface area (Å²) in [5, 5.41) is 3.38. The first-order valence-corrected chi connectivity index (χ1v) is 7.90. The van der Waals surface area contributed by atoms with E-state index in [0.717, 1.165) is 17.4 Å². The highest BCUT2D eigenvalue weighted by molar-refractivity contribution is 7.16. The molecule has 18 heavy (non-hydrogen) atoms. The predicted octanol–water partition coefficient (Wildman–Crippen LogP) is 3.61. The molecule has 2 rings (SSSR count). The number of nitrogens with zero attached hydrogens (tertiary/aromatic N) is 1. The van der Waals surface area contributed by atoms with Gasteiger partial charge in [-0.1, -0.05) is 24.4 Å². The van der Waals surface area contributed by atoms with Crippen molar-refractivity contribution in [2.75, 3.05) is 27.2 Å². The fourth-order valence-corrected chi connectivity index (χ4v) is 4.39. The maximum atomic E-state index is 5.98. The van der Waals surface area contributed by atoms with E-state index in [2.05, 4.69) is 30.4 Å². The summed E-state index contributed by atoms with van der Waals surface area (Å²) < 4.78 is 0.893. The Kier molecular flexibility index (Phi) is 5.07. The lowest BCUT2D eigenvalue weighted by Crippen LogP contribution is -2.40. The van der Waals surface area contributed by atoms with Crippen LogP contribution in [0.3, 0.4) is 0 Å². The molecule has 1 fully saturated rings. The van der Waals surface area contributed by atoms with Crippen molar-refractivity contribution in [1.29, 1.82) is 0 Å². The summed E-state index contributed by atoms with van der Waals surface area (Å²) in [5.41, 5.74) is 0.491. The van der Waals surface area contributed by atoms with E-state index < -0.39 is 0 Å². The van der Waals surface area contributed by atoms with Crippen LogP contribution in [0.5, 0.6) is 0 Å². The summed E-state index contributed by atoms with van der Waals surface area (Å²) in [7, 11) is 4.29. The smallest absolute Gasteiger partial charge is 0.0931 e. The van der Waals surface area contributed by atoms with Crippen LogP contribution in [0.15, 0.2) is 12.1 Å². The number of rotatable bonds is 6. The summed E-state index contributed by atoms with van der Waals surface area (Å²) in [4.78, 5) is 3.81. The molecule has 1 aliphatic rings. The van der Waals surface area contributed by atoms with Crippen LogP contribution >= 0.6 is 22.9 Å². The van der Waals surface area contributed by atoms with E-state index in [1.807, 2.05) is 6.07 Å². The summed E-state index contributed by atoms with van der Waals surface area (Å²) in [5.74, 6) is 0. The Balaban J connectivity index is 1.90. The normalized spacial score (nSPS) is 18.7. The molecule has 0 aliphatic heterocycles. The Morgan fingerprint density at radius 3 is 2.67 bits per heavy atom. The van der Waals surface area contributed by atoms with Crippen molar-refractivity contribution in [2.24, 2.45) is 5.41 Å². The van der Waals surface area contributed by atoms with Crippen LogP contribution in [0.1, 0.15) is 30.6 Å². The van der Waals surface area contributed by atoms with Crippen LogP contribution in [-0.4, -0.2) is 32.1 Å². The number of halogens is 1. The highest BCUT2D eigenvalue weighted by Crippen LogP contribution is 2.38. The van der Waals surface area contributed by atoms with Gasteiger partial charge in [0, 0.05) is 24.5 Å². The zero-order chi connectivity index (χ0) is 13.0. The Hall–Kier alpha value is -0.0900. The Bertz CT molecular complexity index is 372. The molecule has 1 aromatic rings. The third kappa shape index (κ3) is 3.70. The molecule has 0 saturated heterocycles. The standard InChI is InChI=1S/C14H23ClN2S/c1-16-10-14(7-3-4-8-14)11-17(2)9-12-5-6-13(15)18-12/h5-6,16H,3-4,7-11H2,1-2H3. The molecule has 102 valence electrons. The van der Waals surface area contributed by atoms with Gasteiger partial charge in [-0.2, -0.15) is 0 Å². The monoisotopic (exact) mass is 286 g/mol. The summed E-state index contributed by atoms with van der Waals surface area (Å²) in [6.45, 7) is 3.34. The fraction of sp³-hybridized carbons (Fsp3) is 0.714. The summed E-state index contributed by atoms with van der Waals surface area (Å²) >= 11 is 7.68. The van der Waals surface area contributed by atoms with Crippen molar-refractivity contribution in [3.8, 4) is 0 Å². The zero-order valence-electron chi connectivity index (χ0n) is 11.3. The largest absolute Gasteiger partial charge is 0.319 e. The van der Waals surface area contributed by atoms with Gasteiger partial charge in [0.05, 0.1) is 4.34 Å². The van der Waals surface area contributed by atoms with Crippen LogP contribution in [0.25, 0.3) is 0 Å². The van der Waals surface area contributed by atoms with Crippen LogP contribution in [0, 0.1) is 5.41 Å². The summed E-state index contributed by atoms with van der Waals surface area (Å²) in [6.07, 6.45) is 5.51. The van der Waals surface area contributed by atoms with Crippen molar-refractivity contribution >= 4 is 22.9 Å². The minimum Gasteiger partial charge on any atom is -0.319 e. The summed E-state index contributed by atoms with van der Waals surface area (Å²) in [6, 6.07) is 4.14. The molecule has 0 atom stereocenters. The van der Waals surface area contributed by atoms with Gasteiger partial charge in [0.25, 0.3) is 0 Å². The van der Waals surface area contributed by atoms with Gasteiger partial charge < -0.3 is 10.2 Å². The topological polar surface area (TPSA) is 15.3 Å². The van der Waals surface area contributed by atoms with Gasteiger partial charge in [-0.3, -0.25) is 0 Å². The van der Waals surface area contributed by atoms with Crippen LogP contribution in [-0.2, 0) is 6.54 Å². The minimum atomic E-state index is 0.491. The Morgan fingerprint density at radius 2 is 2.11 bits per heavy atom. The second-order valence-electron chi connectivity index (χ2n) is 5.62. The molecule has 1 heterocycles. The van der Waals surface area contributed by atoms with Gasteiger partial charge in [0.15, 0.2) is 0 Å². The number of hydrogen-bond acceptors (Lipinski definition) is 3. The van der Waals surface area contributed by atoms with E-state index in [9.17, 15) is 0 Å². The molecular formula is C14H23ClN2S. The SMILES string of the molecule is CNCC1(CN(C)Cc2ccc(Cl)s2)CCCC1. The fourth-order valence-electron chi connectivity index (χ4n) is 3.22. The number of hydrogen-bond donors (Lipinski definition) is 1. The van der Waals surface area contributed by atoms with Crippen molar-refractivity contribution < 1.29 is 0 Å². The predicted molar refractivity (Wildman–Crippen MR) is 80.5 cm³/mol. The Morgan fingerprint density at radius 1 is 1.39 bits per heavy atom. The van der Waals surface area contributed by atoms with Gasteiger partial charge in [-0.05, 0) is 44.5 Å². The van der Waals surface area contributed by atoms with E-state index in [-0.39, 0.29) is 0 Å². The van der Waals surface area contributed by atoms with E-state index in [4.69, 9.17) is 11.6 Å². The molecule has 2 nitrogen and oxygen atoms in total. The maximum absolute atomic E-state index is 5.98. The van der Waals surface area contributed by atoms with Gasteiger partial charge in [-0.15, -0.1) is 11.3 Å². The molecule has 0 amide bonds. The molecule has 1 N–H and O–H groups in total. The van der Waals surface area contributed by atoms with Crippen molar-refractivity contribution in [3.05, 3.63) is 21.3 Å². The lowest BCUT2D eigenvalue weighted by atomic mass is 9.85. The first kappa shape index (κ1) is 14.3. The van der Waals surface area contributed by atoms with Gasteiger partial charge >= 0.3 is 0 Å². The molecule has 0 aromatic carbocycles. The van der Waals surface area contributed by atoms with E-state index in [1.54, 1.807) is 11.3 Å². The molecule has 4 heteroatoms. The van der Waals surface area contributed by atoms with Gasteiger partial charge in [-0.25, -0.2) is 0 Å². The first-order chi connectivity index (χ1) is 8.63. The maximum Gasteiger partial charge on any atom is 0.0931 e. The van der Waals surface area contributed by atoms with Crippen molar-refractivity contribution in [2.45, 2.75) is 32.2 Å². The molecular weight excluding hydrogens is 264 g/mol. The molecule has 0 radical (unpaired) electrons. The molecule has 0 bridgehead atoms. The first-order valence-electron chi connectivity index (χ1n) is 6.71. The zero-order valence-corrected chi connectivity index (χ0v) is 12.9. The Labute approximate surface area is 119 Å². The molecule has 1 aromatic heterocycles. The van der Waals surface area contributed by atoms with Gasteiger partial charge in [0.2, 0.25) is 0 Å². The number of nitrogens with one attached hydrogen (secondary N) is 1. The third-order valence-electron chi connectivity index (χ3n) is 3.88. The van der Waals surface area contributed by atoms with Crippen LogP contribution in [0.2, 0.25) is 4.34 Å². The van der Waals surface area contributed by atoms with Crippen molar-refractivity contribution in [3.63, 3.8) is 0 Å². The highest BCUT2D eigenvalue weighted by atomic mass is 35.5. The quantitative estimate of drug-likeness (QED) is 0.859. The average Bonchev–Trinajstić information content (AvgIpc) is 2.89. The second kappa shape index (κ2) is 6.38. The molecule has 1 aliphatic carbocycles. The lowest BCUT2D eigenvalue weighted by Gasteiger charge is -2.33. The van der Waals surface area contributed by atoms with Crippen molar-refractivity contribution in [1.82, 2.24) is 10.2 Å². The lowest BCUT2D eigenvalue weighted by molar-refractivity contribution is 0.171. The van der Waals surface area contributed by atoms with Crippen LogP contribution in [0.4, 0.5) is 0 Å². The van der Waals surface area contributed by atoms with E-state index >= 15 is 0 Å². The van der Waals surface area contributed by atoms with E-state index in [0.29, 0.717) is 5.41 Å². The number of thiophene rings is 1.